The van der Waals surface area contributed by atoms with E-state index in [-0.39, 0.29) is 17.9 Å². The molecule has 1 saturated heterocycles. The molecule has 2 amide bonds. The number of halogens is 2. The second kappa shape index (κ2) is 9.17. The third-order valence-corrected chi connectivity index (χ3v) is 7.83. The molecule has 0 saturated carbocycles. The average molecular weight is 531 g/mol. The lowest BCUT2D eigenvalue weighted by Crippen LogP contribution is -2.45. The SMILES string of the molecule is Cc1ccc(CN(C2CC(=O)N(c3ccc(Br)cc3)C2=O)S(=O)(=O)c2ccc(F)cc2)cc1. The van der Waals surface area contributed by atoms with Crippen molar-refractivity contribution >= 4 is 43.5 Å². The number of benzene rings is 3. The van der Waals surface area contributed by atoms with Crippen molar-refractivity contribution in [2.75, 3.05) is 4.90 Å². The van der Waals surface area contributed by atoms with E-state index in [4.69, 9.17) is 0 Å². The Bertz CT molecular complexity index is 1290. The van der Waals surface area contributed by atoms with Gasteiger partial charge in [0.25, 0.3) is 5.91 Å². The molecule has 0 aliphatic carbocycles. The Hall–Kier alpha value is -2.88. The van der Waals surface area contributed by atoms with E-state index in [1.807, 2.05) is 19.1 Å². The minimum atomic E-state index is -4.22. The molecule has 0 radical (unpaired) electrons. The molecule has 6 nitrogen and oxygen atoms in total. The number of amides is 2. The number of nitrogens with zero attached hydrogens (tertiary/aromatic N) is 2. The average Bonchev–Trinajstić information content (AvgIpc) is 3.07. The standard InChI is InChI=1S/C24H20BrFN2O4S/c1-16-2-4-17(5-3-16)15-27(33(31,32)21-12-8-19(26)9-13-21)22-14-23(29)28(24(22)30)20-10-6-18(25)7-11-20/h2-13,22H,14-15H2,1H3. The van der Waals surface area contributed by atoms with E-state index in [1.165, 1.54) is 0 Å². The summed E-state index contributed by atoms with van der Waals surface area (Å²) < 4.78 is 42.4. The van der Waals surface area contributed by atoms with Crippen LogP contribution in [0.25, 0.3) is 0 Å². The van der Waals surface area contributed by atoms with Crippen LogP contribution >= 0.6 is 15.9 Å². The minimum Gasteiger partial charge on any atom is -0.274 e. The Labute approximate surface area is 199 Å². The summed E-state index contributed by atoms with van der Waals surface area (Å²) >= 11 is 3.32. The largest absolute Gasteiger partial charge is 0.274 e. The molecule has 1 aliphatic rings. The quantitative estimate of drug-likeness (QED) is 0.442. The van der Waals surface area contributed by atoms with E-state index in [1.54, 1.807) is 36.4 Å². The van der Waals surface area contributed by atoms with Gasteiger partial charge >= 0.3 is 0 Å². The fraction of sp³-hybridized carbons (Fsp3) is 0.167. The molecule has 1 heterocycles. The van der Waals surface area contributed by atoms with Crippen LogP contribution in [-0.4, -0.2) is 30.6 Å². The van der Waals surface area contributed by atoms with Gasteiger partial charge in [-0.3, -0.25) is 9.59 Å². The number of carbonyl (C=O) groups excluding carboxylic acids is 2. The van der Waals surface area contributed by atoms with Crippen LogP contribution in [0.4, 0.5) is 10.1 Å². The van der Waals surface area contributed by atoms with Gasteiger partial charge in [-0.1, -0.05) is 45.8 Å². The van der Waals surface area contributed by atoms with Crippen molar-refractivity contribution in [1.29, 1.82) is 0 Å². The lowest BCUT2D eigenvalue weighted by Gasteiger charge is -2.27. The van der Waals surface area contributed by atoms with Crippen molar-refractivity contribution in [3.8, 4) is 0 Å². The third-order valence-electron chi connectivity index (χ3n) is 5.43. The normalized spacial score (nSPS) is 16.6. The molecule has 1 fully saturated rings. The van der Waals surface area contributed by atoms with Gasteiger partial charge < -0.3 is 0 Å². The summed E-state index contributed by atoms with van der Waals surface area (Å²) in [7, 11) is -4.22. The van der Waals surface area contributed by atoms with Crippen LogP contribution in [0, 0.1) is 12.7 Å². The molecule has 1 aliphatic heterocycles. The molecule has 3 aromatic carbocycles. The first kappa shape index (κ1) is 23.3. The monoisotopic (exact) mass is 530 g/mol. The van der Waals surface area contributed by atoms with Gasteiger partial charge in [0.1, 0.15) is 11.9 Å². The molecule has 0 bridgehead atoms. The topological polar surface area (TPSA) is 74.8 Å². The van der Waals surface area contributed by atoms with Crippen LogP contribution in [0.15, 0.2) is 82.2 Å². The van der Waals surface area contributed by atoms with Crippen LogP contribution in [0.5, 0.6) is 0 Å². The highest BCUT2D eigenvalue weighted by atomic mass is 79.9. The predicted molar refractivity (Wildman–Crippen MR) is 125 cm³/mol. The van der Waals surface area contributed by atoms with Crippen molar-refractivity contribution in [3.05, 3.63) is 94.2 Å². The zero-order valence-electron chi connectivity index (χ0n) is 17.6. The molecule has 9 heteroatoms. The number of imide groups is 1. The molecule has 1 unspecified atom stereocenters. The Morgan fingerprint density at radius 2 is 1.58 bits per heavy atom. The Kier molecular flexibility index (Phi) is 6.47. The summed E-state index contributed by atoms with van der Waals surface area (Å²) in [4.78, 5) is 27.0. The highest BCUT2D eigenvalue weighted by Crippen LogP contribution is 2.31. The van der Waals surface area contributed by atoms with Gasteiger partial charge in [0.15, 0.2) is 0 Å². The van der Waals surface area contributed by atoms with Crippen molar-refractivity contribution in [1.82, 2.24) is 4.31 Å². The molecule has 0 N–H and O–H groups in total. The summed E-state index contributed by atoms with van der Waals surface area (Å²) in [5.41, 5.74) is 2.03. The van der Waals surface area contributed by atoms with Gasteiger partial charge in [0, 0.05) is 11.0 Å². The Morgan fingerprint density at radius 1 is 0.970 bits per heavy atom. The van der Waals surface area contributed by atoms with E-state index >= 15 is 0 Å². The van der Waals surface area contributed by atoms with Crippen LogP contribution in [0.1, 0.15) is 17.5 Å². The predicted octanol–water partition coefficient (Wildman–Crippen LogP) is 4.42. The van der Waals surface area contributed by atoms with Gasteiger partial charge in [0.2, 0.25) is 15.9 Å². The molecule has 1 atom stereocenters. The number of rotatable bonds is 6. The smallest absolute Gasteiger partial charge is 0.252 e. The molecule has 4 rings (SSSR count). The van der Waals surface area contributed by atoms with Gasteiger partial charge in [0.05, 0.1) is 17.0 Å². The molecular formula is C24H20BrFN2O4S. The first-order valence-corrected chi connectivity index (χ1v) is 12.4. The van der Waals surface area contributed by atoms with E-state index in [2.05, 4.69) is 15.9 Å². The number of sulfonamides is 1. The molecule has 0 aromatic heterocycles. The number of aryl methyl sites for hydroxylation is 1. The number of carbonyl (C=O) groups is 2. The van der Waals surface area contributed by atoms with Crippen LogP contribution in [0.3, 0.4) is 0 Å². The summed E-state index contributed by atoms with van der Waals surface area (Å²) in [6, 6.07) is 17.0. The Balaban J connectivity index is 1.74. The lowest BCUT2D eigenvalue weighted by molar-refractivity contribution is -0.122. The van der Waals surface area contributed by atoms with Gasteiger partial charge in [-0.2, -0.15) is 4.31 Å². The second-order valence-corrected chi connectivity index (χ2v) is 10.6. The van der Waals surface area contributed by atoms with E-state index < -0.39 is 33.7 Å². The van der Waals surface area contributed by atoms with Crippen LogP contribution < -0.4 is 4.90 Å². The van der Waals surface area contributed by atoms with Gasteiger partial charge in [-0.05, 0) is 61.0 Å². The molecule has 170 valence electrons. The maximum Gasteiger partial charge on any atom is 0.252 e. The molecule has 33 heavy (non-hydrogen) atoms. The fourth-order valence-corrected chi connectivity index (χ4v) is 5.51. The summed E-state index contributed by atoms with van der Waals surface area (Å²) in [5.74, 6) is -1.69. The Morgan fingerprint density at radius 3 is 2.18 bits per heavy atom. The first-order valence-electron chi connectivity index (χ1n) is 10.1. The fourth-order valence-electron chi connectivity index (χ4n) is 3.68. The van der Waals surface area contributed by atoms with Crippen molar-refractivity contribution in [2.24, 2.45) is 0 Å². The van der Waals surface area contributed by atoms with Crippen LogP contribution in [-0.2, 0) is 26.2 Å². The van der Waals surface area contributed by atoms with Crippen molar-refractivity contribution in [3.63, 3.8) is 0 Å². The van der Waals surface area contributed by atoms with E-state index in [0.717, 1.165) is 43.5 Å². The molecule has 3 aromatic rings. The second-order valence-electron chi connectivity index (χ2n) is 7.75. The number of anilines is 1. The van der Waals surface area contributed by atoms with Crippen molar-refractivity contribution in [2.45, 2.75) is 30.8 Å². The highest BCUT2D eigenvalue weighted by molar-refractivity contribution is 9.10. The zero-order chi connectivity index (χ0) is 23.8. The summed E-state index contributed by atoms with van der Waals surface area (Å²) in [5, 5.41) is 0. The minimum absolute atomic E-state index is 0.113. The van der Waals surface area contributed by atoms with E-state index in [9.17, 15) is 22.4 Å². The number of hydrogen-bond acceptors (Lipinski definition) is 4. The van der Waals surface area contributed by atoms with E-state index in [0.29, 0.717) is 11.3 Å². The molecule has 0 spiro atoms. The first-order chi connectivity index (χ1) is 15.7. The summed E-state index contributed by atoms with van der Waals surface area (Å²) in [6.07, 6.45) is -0.290. The lowest BCUT2D eigenvalue weighted by atomic mass is 10.1. The third kappa shape index (κ3) is 4.75. The number of hydrogen-bond donors (Lipinski definition) is 0. The maximum atomic E-state index is 13.6. The van der Waals surface area contributed by atoms with Crippen molar-refractivity contribution < 1.29 is 22.4 Å². The van der Waals surface area contributed by atoms with Gasteiger partial charge in [-0.15, -0.1) is 0 Å². The van der Waals surface area contributed by atoms with Gasteiger partial charge in [-0.25, -0.2) is 17.7 Å². The maximum absolute atomic E-state index is 13.6. The molecular weight excluding hydrogens is 511 g/mol. The highest BCUT2D eigenvalue weighted by Gasteiger charge is 2.47. The zero-order valence-corrected chi connectivity index (χ0v) is 20.0. The summed E-state index contributed by atoms with van der Waals surface area (Å²) in [6.45, 7) is 1.80. The van der Waals surface area contributed by atoms with Crippen LogP contribution in [0.2, 0.25) is 0 Å².